The van der Waals surface area contributed by atoms with Gasteiger partial charge in [-0.2, -0.15) is 5.10 Å². The number of likely N-dealkylation sites (N-methyl/N-ethyl adjacent to an activating group) is 1. The van der Waals surface area contributed by atoms with Crippen molar-refractivity contribution in [1.82, 2.24) is 14.7 Å². The second-order valence-electron chi connectivity index (χ2n) is 3.92. The van der Waals surface area contributed by atoms with E-state index in [-0.39, 0.29) is 18.8 Å². The van der Waals surface area contributed by atoms with Gasteiger partial charge in [-0.05, 0) is 6.92 Å². The van der Waals surface area contributed by atoms with Crippen LogP contribution in [-0.4, -0.2) is 47.3 Å². The number of aromatic nitrogens is 2. The summed E-state index contributed by atoms with van der Waals surface area (Å²) >= 11 is 0. The summed E-state index contributed by atoms with van der Waals surface area (Å²) in [4.78, 5) is 24.2. The van der Waals surface area contributed by atoms with Gasteiger partial charge in [-0.3, -0.25) is 9.48 Å². The fourth-order valence-corrected chi connectivity index (χ4v) is 1.31. The van der Waals surface area contributed by atoms with Gasteiger partial charge in [0, 0.05) is 20.2 Å². The predicted octanol–water partition coefficient (Wildman–Crippen LogP) is 1.09. The molecule has 1 aromatic heterocycles. The zero-order valence-corrected chi connectivity index (χ0v) is 10.9. The monoisotopic (exact) mass is 275 g/mol. The van der Waals surface area contributed by atoms with Crippen molar-refractivity contribution >= 4 is 11.9 Å². The molecule has 1 heterocycles. The average molecular weight is 275 g/mol. The lowest BCUT2D eigenvalue weighted by Gasteiger charge is -2.11. The first-order valence-corrected chi connectivity index (χ1v) is 5.60. The maximum absolute atomic E-state index is 12.8. The molecule has 1 amide bonds. The number of ether oxygens (including phenoxy) is 1. The molecule has 0 N–H and O–H groups in total. The van der Waals surface area contributed by atoms with Crippen LogP contribution in [-0.2, 0) is 16.1 Å². The highest BCUT2D eigenvalue weighted by Gasteiger charge is 2.22. The van der Waals surface area contributed by atoms with Crippen molar-refractivity contribution in [3.05, 3.63) is 17.5 Å². The average Bonchev–Trinajstić information content (AvgIpc) is 2.73. The van der Waals surface area contributed by atoms with Crippen LogP contribution in [0.1, 0.15) is 29.5 Å². The molecule has 6 nitrogen and oxygen atoms in total. The number of esters is 1. The summed E-state index contributed by atoms with van der Waals surface area (Å²) in [7, 11) is 3.00. The summed E-state index contributed by atoms with van der Waals surface area (Å²) in [6.45, 7) is 1.36. The van der Waals surface area contributed by atoms with Crippen LogP contribution in [0.25, 0.3) is 0 Å². The Morgan fingerprint density at radius 1 is 1.47 bits per heavy atom. The number of carbonyl (C=O) groups excluding carboxylic acids is 2. The molecule has 0 aliphatic carbocycles. The molecular formula is C11H15F2N3O3. The Balaban J connectivity index is 3.02. The topological polar surface area (TPSA) is 64.4 Å². The van der Waals surface area contributed by atoms with Gasteiger partial charge >= 0.3 is 5.97 Å². The summed E-state index contributed by atoms with van der Waals surface area (Å²) in [5, 5.41) is 3.69. The quantitative estimate of drug-likeness (QED) is 0.754. The van der Waals surface area contributed by atoms with E-state index in [2.05, 4.69) is 9.84 Å². The minimum atomic E-state index is -2.83. The van der Waals surface area contributed by atoms with Crippen LogP contribution >= 0.6 is 0 Å². The predicted molar refractivity (Wildman–Crippen MR) is 61.8 cm³/mol. The molecule has 106 valence electrons. The molecule has 0 aromatic carbocycles. The Labute approximate surface area is 108 Å². The van der Waals surface area contributed by atoms with Gasteiger partial charge in [-0.15, -0.1) is 0 Å². The second-order valence-corrected chi connectivity index (χ2v) is 3.92. The molecular weight excluding hydrogens is 260 g/mol. The number of hydrogen-bond donors (Lipinski definition) is 0. The van der Waals surface area contributed by atoms with Crippen LogP contribution in [0.3, 0.4) is 0 Å². The normalized spacial score (nSPS) is 10.6. The van der Waals surface area contributed by atoms with Gasteiger partial charge < -0.3 is 9.64 Å². The number of nitrogens with zero attached hydrogens (tertiary/aromatic N) is 3. The lowest BCUT2D eigenvalue weighted by atomic mass is 10.3. The number of carbonyl (C=O) groups is 2. The summed E-state index contributed by atoms with van der Waals surface area (Å²) in [6.07, 6.45) is -2.83. The van der Waals surface area contributed by atoms with E-state index in [9.17, 15) is 18.4 Å². The van der Waals surface area contributed by atoms with Gasteiger partial charge in [0.2, 0.25) is 5.91 Å². The molecule has 0 radical (unpaired) electrons. The number of rotatable bonds is 5. The maximum atomic E-state index is 12.8. The fourth-order valence-electron chi connectivity index (χ4n) is 1.31. The molecule has 0 saturated heterocycles. The van der Waals surface area contributed by atoms with Crippen LogP contribution in [0, 0.1) is 0 Å². The van der Waals surface area contributed by atoms with Crippen molar-refractivity contribution in [2.24, 2.45) is 0 Å². The third-order valence-electron chi connectivity index (χ3n) is 2.30. The standard InChI is InChI=1S/C11H15F2N3O3/c1-4-19-11(18)7-5-8(10(12)13)16(14-7)6-9(17)15(2)3/h5,10H,4,6H2,1-3H3. The minimum Gasteiger partial charge on any atom is -0.461 e. The van der Waals surface area contributed by atoms with Crippen LogP contribution in [0.15, 0.2) is 6.07 Å². The number of alkyl halides is 2. The van der Waals surface area contributed by atoms with E-state index < -0.39 is 24.0 Å². The van der Waals surface area contributed by atoms with Gasteiger partial charge in [-0.25, -0.2) is 13.6 Å². The van der Waals surface area contributed by atoms with Crippen molar-refractivity contribution in [1.29, 1.82) is 0 Å². The highest BCUT2D eigenvalue weighted by Crippen LogP contribution is 2.20. The summed E-state index contributed by atoms with van der Waals surface area (Å²) in [6, 6.07) is 0.936. The van der Waals surface area contributed by atoms with Crippen molar-refractivity contribution in [3.8, 4) is 0 Å². The van der Waals surface area contributed by atoms with Gasteiger partial charge in [0.25, 0.3) is 6.43 Å². The minimum absolute atomic E-state index is 0.117. The summed E-state index contributed by atoms with van der Waals surface area (Å²) in [5.74, 6) is -1.19. The van der Waals surface area contributed by atoms with Gasteiger partial charge in [-0.1, -0.05) is 0 Å². The smallest absolute Gasteiger partial charge is 0.358 e. The highest BCUT2D eigenvalue weighted by atomic mass is 19.3. The molecule has 1 rings (SSSR count). The summed E-state index contributed by atoms with van der Waals surface area (Å²) < 4.78 is 31.1. The molecule has 0 atom stereocenters. The third-order valence-corrected chi connectivity index (χ3v) is 2.30. The lowest BCUT2D eigenvalue weighted by molar-refractivity contribution is -0.129. The SMILES string of the molecule is CCOC(=O)c1cc(C(F)F)n(CC(=O)N(C)C)n1. The first kappa shape index (κ1) is 15.1. The molecule has 0 fully saturated rings. The molecule has 0 bridgehead atoms. The van der Waals surface area contributed by atoms with E-state index in [1.807, 2.05) is 0 Å². The van der Waals surface area contributed by atoms with E-state index in [0.29, 0.717) is 0 Å². The second kappa shape index (κ2) is 6.26. The van der Waals surface area contributed by atoms with Crippen LogP contribution in [0.4, 0.5) is 8.78 Å². The Morgan fingerprint density at radius 2 is 2.11 bits per heavy atom. The molecule has 0 unspecified atom stereocenters. The van der Waals surface area contributed by atoms with Gasteiger partial charge in [0.05, 0.1) is 6.61 Å². The maximum Gasteiger partial charge on any atom is 0.358 e. The fraction of sp³-hybridized carbons (Fsp3) is 0.545. The van der Waals surface area contributed by atoms with E-state index >= 15 is 0 Å². The van der Waals surface area contributed by atoms with E-state index in [1.54, 1.807) is 6.92 Å². The largest absolute Gasteiger partial charge is 0.461 e. The Kier molecular flexibility index (Phi) is 4.96. The molecule has 0 spiro atoms. The van der Waals surface area contributed by atoms with Crippen LogP contribution < -0.4 is 0 Å². The van der Waals surface area contributed by atoms with E-state index in [1.165, 1.54) is 19.0 Å². The molecule has 0 aliphatic heterocycles. The zero-order valence-electron chi connectivity index (χ0n) is 10.9. The third kappa shape index (κ3) is 3.73. The first-order chi connectivity index (χ1) is 8.86. The Bertz CT molecular complexity index is 472. The Hall–Kier alpha value is -1.99. The van der Waals surface area contributed by atoms with Crippen molar-refractivity contribution in [2.45, 2.75) is 19.9 Å². The van der Waals surface area contributed by atoms with Gasteiger partial charge in [0.15, 0.2) is 5.69 Å². The molecule has 8 heteroatoms. The molecule has 0 aliphatic rings. The van der Waals surface area contributed by atoms with Crippen molar-refractivity contribution < 1.29 is 23.1 Å². The van der Waals surface area contributed by atoms with Crippen LogP contribution in [0.2, 0.25) is 0 Å². The van der Waals surface area contributed by atoms with Crippen molar-refractivity contribution in [3.63, 3.8) is 0 Å². The number of amides is 1. The Morgan fingerprint density at radius 3 is 2.58 bits per heavy atom. The summed E-state index contributed by atoms with van der Waals surface area (Å²) in [5.41, 5.74) is -0.720. The first-order valence-electron chi connectivity index (χ1n) is 5.60. The van der Waals surface area contributed by atoms with Crippen LogP contribution in [0.5, 0.6) is 0 Å². The number of hydrogen-bond acceptors (Lipinski definition) is 4. The molecule has 1 aromatic rings. The molecule has 19 heavy (non-hydrogen) atoms. The highest BCUT2D eigenvalue weighted by molar-refractivity contribution is 5.87. The van der Waals surface area contributed by atoms with Crippen molar-refractivity contribution in [2.75, 3.05) is 20.7 Å². The van der Waals surface area contributed by atoms with E-state index in [0.717, 1.165) is 10.7 Å². The number of halogens is 2. The van der Waals surface area contributed by atoms with Gasteiger partial charge in [0.1, 0.15) is 12.2 Å². The lowest BCUT2D eigenvalue weighted by Crippen LogP contribution is -2.27. The molecule has 0 saturated carbocycles. The zero-order chi connectivity index (χ0) is 14.6. The van der Waals surface area contributed by atoms with E-state index in [4.69, 9.17) is 0 Å².